The molecule has 0 aliphatic carbocycles. The van der Waals surface area contributed by atoms with Crippen LogP contribution in [0.3, 0.4) is 0 Å². The summed E-state index contributed by atoms with van der Waals surface area (Å²) in [7, 11) is 4.09. The van der Waals surface area contributed by atoms with Crippen molar-refractivity contribution < 1.29 is 73.6 Å². The SMILES string of the molecule is C/C=C(\C)[C@H]1OC(=O)[C@@H](C)NC(=O)[C@H](C(C)CC)NC(=O)CN(C)C(=O)[C@@H](Cc2ccccc2)N(C)C(=O)[C@H](C)NC(=O)[C@@H](CC(C)C)OC(=O)/C(C)=C/C[C@H](OC(=O)[N-]C)[C@@H]1C.CC.[CH2-]CCCCCC.[W+2]. The molecule has 1 aliphatic rings. The molecular weight excluding hydrogens is 1100 g/mol. The third-order valence-electron chi connectivity index (χ3n) is 12.3. The van der Waals surface area contributed by atoms with E-state index in [1.54, 1.807) is 58.0 Å². The van der Waals surface area contributed by atoms with E-state index in [1.165, 1.54) is 78.6 Å². The van der Waals surface area contributed by atoms with Crippen LogP contribution in [0, 0.1) is 24.7 Å². The van der Waals surface area contributed by atoms with Gasteiger partial charge in [-0.2, -0.15) is 6.42 Å². The van der Waals surface area contributed by atoms with Crippen LogP contribution in [0.2, 0.25) is 0 Å². The Hall–Kier alpha value is -5.05. The fourth-order valence-electron chi connectivity index (χ4n) is 7.48. The zero-order chi connectivity index (χ0) is 55.2. The molecule has 0 aromatic heterocycles. The summed E-state index contributed by atoms with van der Waals surface area (Å²) in [5.74, 6) is -6.13. The van der Waals surface area contributed by atoms with Crippen LogP contribution < -0.4 is 16.0 Å². The molecule has 1 unspecified atom stereocenters. The van der Waals surface area contributed by atoms with Gasteiger partial charge in [0, 0.05) is 38.4 Å². The van der Waals surface area contributed by atoms with Crippen LogP contribution >= 0.6 is 0 Å². The topological polar surface area (TPSA) is 221 Å². The van der Waals surface area contributed by atoms with Crippen molar-refractivity contribution in [2.24, 2.45) is 17.8 Å². The Labute approximate surface area is 452 Å². The third kappa shape index (κ3) is 25.2. The van der Waals surface area contributed by atoms with Crippen LogP contribution in [-0.2, 0) is 75.3 Å². The first-order valence-electron chi connectivity index (χ1n) is 25.7. The molecule has 0 radical (unpaired) electrons. The van der Waals surface area contributed by atoms with Gasteiger partial charge in [0.15, 0.2) is 6.10 Å². The molecular formula is C55H90N6O11W. The summed E-state index contributed by atoms with van der Waals surface area (Å²) in [6.07, 6.45) is 6.18. The number of nitrogens with zero attached hydrogens (tertiary/aromatic N) is 3. The molecule has 73 heavy (non-hydrogen) atoms. The van der Waals surface area contributed by atoms with Gasteiger partial charge in [0.1, 0.15) is 36.4 Å². The molecule has 2 rings (SSSR count). The summed E-state index contributed by atoms with van der Waals surface area (Å²) < 4.78 is 17.4. The summed E-state index contributed by atoms with van der Waals surface area (Å²) in [4.78, 5) is 111. The third-order valence-corrected chi connectivity index (χ3v) is 12.3. The van der Waals surface area contributed by atoms with Crippen molar-refractivity contribution in [2.45, 2.75) is 190 Å². The smallest absolute Gasteiger partial charge is 0.620 e. The fraction of sp³-hybridized carbons (Fsp3) is 0.655. The Morgan fingerprint density at radius 1 is 0.890 bits per heavy atom. The van der Waals surface area contributed by atoms with Crippen molar-refractivity contribution >= 4 is 47.6 Å². The van der Waals surface area contributed by atoms with Crippen molar-refractivity contribution in [3.8, 4) is 0 Å². The largest absolute Gasteiger partial charge is 2.00 e. The Balaban J connectivity index is 0. The number of likely N-dealkylation sites (N-methyl/N-ethyl adjacent to an activating group) is 2. The number of allylic oxidation sites excluding steroid dienone is 1. The molecule has 0 spiro atoms. The number of amides is 6. The van der Waals surface area contributed by atoms with Crippen LogP contribution in [0.25, 0.3) is 5.32 Å². The molecule has 0 bridgehead atoms. The molecule has 18 heteroatoms. The number of benzene rings is 1. The first-order chi connectivity index (χ1) is 34.0. The number of nitrogens with one attached hydrogen (secondary N) is 3. The second-order valence-electron chi connectivity index (χ2n) is 18.7. The van der Waals surface area contributed by atoms with Gasteiger partial charge in [0.2, 0.25) is 29.7 Å². The van der Waals surface area contributed by atoms with E-state index < -0.39 is 108 Å². The Morgan fingerprint density at radius 3 is 2.03 bits per heavy atom. The Morgan fingerprint density at radius 2 is 1.49 bits per heavy atom. The molecule has 1 aliphatic heterocycles. The molecule has 1 aromatic carbocycles. The van der Waals surface area contributed by atoms with Gasteiger partial charge in [0.05, 0.1) is 6.54 Å². The van der Waals surface area contributed by atoms with Crippen molar-refractivity contribution in [3.05, 3.63) is 71.4 Å². The molecule has 17 nitrogen and oxygen atoms in total. The van der Waals surface area contributed by atoms with E-state index in [2.05, 4.69) is 35.1 Å². The molecule has 0 saturated carbocycles. The van der Waals surface area contributed by atoms with E-state index in [0.29, 0.717) is 12.0 Å². The predicted octanol–water partition coefficient (Wildman–Crippen LogP) is 8.20. The summed E-state index contributed by atoms with van der Waals surface area (Å²) in [6.45, 7) is 26.3. The molecule has 6 amide bonds. The van der Waals surface area contributed by atoms with Crippen LogP contribution in [0.5, 0.6) is 0 Å². The molecule has 1 heterocycles. The molecule has 0 saturated heterocycles. The maximum Gasteiger partial charge on any atom is 2.00 e. The van der Waals surface area contributed by atoms with E-state index in [1.807, 2.05) is 40.7 Å². The van der Waals surface area contributed by atoms with E-state index >= 15 is 0 Å². The van der Waals surface area contributed by atoms with Crippen molar-refractivity contribution in [2.75, 3.05) is 27.7 Å². The first kappa shape index (κ1) is 70.0. The second-order valence-corrected chi connectivity index (χ2v) is 18.7. The molecule has 1 aromatic rings. The number of ether oxygens (including phenoxy) is 3. The van der Waals surface area contributed by atoms with E-state index in [0.717, 1.165) is 16.9 Å². The van der Waals surface area contributed by atoms with Gasteiger partial charge in [0.25, 0.3) is 5.91 Å². The number of rotatable bonds is 12. The van der Waals surface area contributed by atoms with Gasteiger partial charge in [-0.3, -0.25) is 28.8 Å². The minimum absolute atomic E-state index is 0. The molecule has 412 valence electrons. The monoisotopic (exact) mass is 1190 g/mol. The average Bonchev–Trinajstić information content (AvgIpc) is 3.36. The summed E-state index contributed by atoms with van der Waals surface area (Å²) in [5.41, 5.74) is 1.42. The maximum atomic E-state index is 14.2. The second kappa shape index (κ2) is 37.6. The number of cyclic esters (lactones) is 2. The number of carbonyl (C=O) groups excluding carboxylic acids is 8. The molecule has 9 atom stereocenters. The fourth-order valence-corrected chi connectivity index (χ4v) is 7.48. The number of carbonyl (C=O) groups is 8. The Bertz CT molecular complexity index is 1930. The van der Waals surface area contributed by atoms with Crippen molar-refractivity contribution in [1.82, 2.24) is 25.8 Å². The molecule has 3 N–H and O–H groups in total. The van der Waals surface area contributed by atoms with Gasteiger partial charge in [-0.25, -0.2) is 9.59 Å². The quantitative estimate of drug-likeness (QED) is 0.0595. The average molecular weight is 1200 g/mol. The summed E-state index contributed by atoms with van der Waals surface area (Å²) in [6, 6.07) is 4.37. The van der Waals surface area contributed by atoms with Crippen LogP contribution in [0.15, 0.2) is 53.6 Å². The maximum absolute atomic E-state index is 14.2. The molecule has 0 fully saturated rings. The zero-order valence-corrected chi connectivity index (χ0v) is 49.8. The number of hydrogen-bond donors (Lipinski definition) is 3. The standard InChI is InChI=1S/C46H70N6O11.C7H15.C2H6.W/c1-14-27(5)38-41(55)49-32(10)45(59)63-39(28(6)15-2)30(8)35(62-46(60)47-11)22-21-29(7)44(58)61-36(23-26(3)4)40(54)48-31(9)42(56)52(13)34(24-33-19-17-16-18-20-33)43(57)51(12)25-37(53)50-38;1-3-5-7-6-4-2;1-2;/h15-21,26-27,30-32,34-36,38-39H,14,22-25H2,1-13H3,(H4,47,48,49,50,53,54,55,60);1,3-7H2,2H3;1-2H3;/q;-1;;+2/p-1/b28-15+,29-21+;;;/t27?,30-,31-,32+,34+,35-,36+,38-,39+;;;/m0.../s1. The van der Waals surface area contributed by atoms with E-state index in [-0.39, 0.29) is 51.8 Å². The first-order valence-corrected chi connectivity index (χ1v) is 25.7. The normalized spacial score (nSPS) is 24.8. The van der Waals surface area contributed by atoms with Crippen LogP contribution in [0.4, 0.5) is 4.79 Å². The minimum atomic E-state index is -1.30. The Kier molecular flexibility index (Phi) is 36.1. The number of unbranched alkanes of at least 4 members (excludes halogenated alkanes) is 4. The van der Waals surface area contributed by atoms with Crippen LogP contribution in [0.1, 0.15) is 147 Å². The summed E-state index contributed by atoms with van der Waals surface area (Å²) >= 11 is 0. The predicted molar refractivity (Wildman–Crippen MR) is 282 cm³/mol. The van der Waals surface area contributed by atoms with Gasteiger partial charge in [-0.1, -0.05) is 130 Å². The minimum Gasteiger partial charge on any atom is -0.620 e. The van der Waals surface area contributed by atoms with Gasteiger partial charge in [-0.05, 0) is 64.0 Å². The van der Waals surface area contributed by atoms with Crippen LogP contribution in [-0.4, -0.2) is 128 Å². The van der Waals surface area contributed by atoms with E-state index in [9.17, 15) is 38.4 Å². The van der Waals surface area contributed by atoms with Gasteiger partial charge >= 0.3 is 33.0 Å². The van der Waals surface area contributed by atoms with E-state index in [4.69, 9.17) is 14.2 Å². The number of hydrogen-bond acceptors (Lipinski definition) is 11. The number of esters is 2. The van der Waals surface area contributed by atoms with Crippen molar-refractivity contribution in [1.29, 1.82) is 0 Å². The zero-order valence-electron chi connectivity index (χ0n) is 46.8. The van der Waals surface area contributed by atoms with Crippen molar-refractivity contribution in [3.63, 3.8) is 0 Å². The van der Waals surface area contributed by atoms with Gasteiger partial charge < -0.3 is 52.2 Å². The summed E-state index contributed by atoms with van der Waals surface area (Å²) in [5, 5.41) is 11.6. The van der Waals surface area contributed by atoms with Gasteiger partial charge in [-0.15, -0.1) is 7.05 Å².